The van der Waals surface area contributed by atoms with Gasteiger partial charge in [0.2, 0.25) is 5.91 Å². The van der Waals surface area contributed by atoms with Crippen LogP contribution >= 0.6 is 0 Å². The summed E-state index contributed by atoms with van der Waals surface area (Å²) in [6.07, 6.45) is 0. The lowest BCUT2D eigenvalue weighted by molar-refractivity contribution is -0.121. The quantitative estimate of drug-likeness (QED) is 0.552. The number of anilines is 1. The summed E-state index contributed by atoms with van der Waals surface area (Å²) in [4.78, 5) is 12.4. The molecule has 0 aliphatic carbocycles. The monoisotopic (exact) mass is 344 g/mol. The summed E-state index contributed by atoms with van der Waals surface area (Å²) in [6.45, 7) is 2.38. The van der Waals surface area contributed by atoms with Crippen molar-refractivity contribution < 1.29 is 9.21 Å². The molecule has 0 saturated heterocycles. The second-order valence-corrected chi connectivity index (χ2v) is 6.38. The fraction of sp³-hybridized carbons (Fsp3) is 0.136. The molecule has 4 rings (SSSR count). The predicted molar refractivity (Wildman–Crippen MR) is 105 cm³/mol. The molecule has 26 heavy (non-hydrogen) atoms. The van der Waals surface area contributed by atoms with E-state index in [1.165, 1.54) is 0 Å². The highest BCUT2D eigenvalue weighted by molar-refractivity contribution is 6.06. The summed E-state index contributed by atoms with van der Waals surface area (Å²) in [5, 5.41) is 8.35. The molecule has 4 nitrogen and oxygen atoms in total. The first-order chi connectivity index (χ1) is 12.7. The van der Waals surface area contributed by atoms with Crippen molar-refractivity contribution in [2.75, 3.05) is 5.32 Å². The Balaban J connectivity index is 1.47. The van der Waals surface area contributed by atoms with Crippen LogP contribution in [0.5, 0.6) is 0 Å². The van der Waals surface area contributed by atoms with Crippen LogP contribution < -0.4 is 10.6 Å². The van der Waals surface area contributed by atoms with E-state index in [1.807, 2.05) is 79.7 Å². The van der Waals surface area contributed by atoms with Crippen LogP contribution in [-0.4, -0.2) is 11.9 Å². The molecular weight excluding hydrogens is 324 g/mol. The van der Waals surface area contributed by atoms with E-state index in [-0.39, 0.29) is 11.9 Å². The van der Waals surface area contributed by atoms with Crippen LogP contribution in [0, 0.1) is 0 Å². The first-order valence-corrected chi connectivity index (χ1v) is 8.70. The van der Waals surface area contributed by atoms with Gasteiger partial charge in [-0.2, -0.15) is 0 Å². The number of benzene rings is 3. The van der Waals surface area contributed by atoms with E-state index >= 15 is 0 Å². The van der Waals surface area contributed by atoms with Gasteiger partial charge >= 0.3 is 0 Å². The summed E-state index contributed by atoms with van der Waals surface area (Å²) in [5.74, 6) is -0.0361. The molecule has 0 aliphatic heterocycles. The smallest absolute Gasteiger partial charge is 0.242 e. The molecule has 0 unspecified atom stereocenters. The second kappa shape index (κ2) is 6.92. The van der Waals surface area contributed by atoms with Crippen molar-refractivity contribution >= 4 is 33.5 Å². The molecule has 1 amide bonds. The van der Waals surface area contributed by atoms with Crippen molar-refractivity contribution in [3.05, 3.63) is 78.4 Å². The third kappa shape index (κ3) is 3.26. The lowest BCUT2D eigenvalue weighted by atomic mass is 10.1. The van der Waals surface area contributed by atoms with Crippen molar-refractivity contribution in [1.82, 2.24) is 5.32 Å². The van der Waals surface area contributed by atoms with Crippen molar-refractivity contribution in [3.63, 3.8) is 0 Å². The number of amides is 1. The first-order valence-electron chi connectivity index (χ1n) is 8.70. The minimum Gasteiger partial charge on any atom is -0.456 e. The molecule has 0 spiro atoms. The molecule has 1 atom stereocenters. The second-order valence-electron chi connectivity index (χ2n) is 6.38. The average molecular weight is 344 g/mol. The topological polar surface area (TPSA) is 54.3 Å². The normalized spacial score (nSPS) is 12.2. The fourth-order valence-corrected chi connectivity index (χ4v) is 3.07. The molecule has 0 saturated carbocycles. The number of carbonyl (C=O) groups excluding carboxylic acids is 1. The molecule has 4 heteroatoms. The third-order valence-corrected chi connectivity index (χ3v) is 4.46. The minimum absolute atomic E-state index is 0.0361. The van der Waals surface area contributed by atoms with Gasteiger partial charge in [0.05, 0.1) is 0 Å². The number of nitrogens with one attached hydrogen (secondary N) is 2. The summed E-state index contributed by atoms with van der Waals surface area (Å²) < 4.78 is 5.84. The van der Waals surface area contributed by atoms with Gasteiger partial charge in [0.1, 0.15) is 17.2 Å². The highest BCUT2D eigenvalue weighted by Gasteiger charge is 2.13. The number of rotatable bonds is 5. The largest absolute Gasteiger partial charge is 0.456 e. The van der Waals surface area contributed by atoms with Gasteiger partial charge in [-0.3, -0.25) is 4.79 Å². The molecule has 4 aromatic rings. The van der Waals surface area contributed by atoms with Gasteiger partial charge in [-0.15, -0.1) is 0 Å². The molecule has 0 aliphatic rings. The average Bonchev–Trinajstić information content (AvgIpc) is 3.05. The van der Waals surface area contributed by atoms with Crippen LogP contribution in [0.2, 0.25) is 0 Å². The van der Waals surface area contributed by atoms with E-state index in [9.17, 15) is 4.79 Å². The highest BCUT2D eigenvalue weighted by atomic mass is 16.3. The van der Waals surface area contributed by atoms with Crippen LogP contribution in [-0.2, 0) is 11.3 Å². The van der Waals surface area contributed by atoms with Gasteiger partial charge in [0, 0.05) is 23.0 Å². The van der Waals surface area contributed by atoms with E-state index < -0.39 is 0 Å². The van der Waals surface area contributed by atoms with Crippen LogP contribution in [0.1, 0.15) is 12.5 Å². The van der Waals surface area contributed by atoms with Gasteiger partial charge < -0.3 is 15.1 Å². The zero-order valence-electron chi connectivity index (χ0n) is 14.5. The van der Waals surface area contributed by atoms with Gasteiger partial charge in [0.15, 0.2) is 0 Å². The first kappa shape index (κ1) is 16.2. The van der Waals surface area contributed by atoms with Crippen LogP contribution in [0.15, 0.2) is 77.2 Å². The lowest BCUT2D eigenvalue weighted by Gasteiger charge is -2.15. The SMILES string of the molecule is C[C@H](Nc1ccc2oc3ccccc3c2c1)C(=O)NCc1ccccc1. The summed E-state index contributed by atoms with van der Waals surface area (Å²) in [6, 6.07) is 23.4. The zero-order valence-corrected chi connectivity index (χ0v) is 14.5. The Morgan fingerprint density at radius 2 is 1.65 bits per heavy atom. The summed E-state index contributed by atoms with van der Waals surface area (Å²) >= 11 is 0. The Hall–Kier alpha value is -3.27. The van der Waals surface area contributed by atoms with Crippen LogP contribution in [0.25, 0.3) is 21.9 Å². The van der Waals surface area contributed by atoms with Crippen molar-refractivity contribution in [2.45, 2.75) is 19.5 Å². The van der Waals surface area contributed by atoms with Crippen LogP contribution in [0.3, 0.4) is 0 Å². The van der Waals surface area contributed by atoms with E-state index in [4.69, 9.17) is 4.42 Å². The summed E-state index contributed by atoms with van der Waals surface area (Å²) in [5.41, 5.74) is 3.69. The van der Waals surface area contributed by atoms with Gasteiger partial charge in [-0.1, -0.05) is 48.5 Å². The number of furan rings is 1. The number of hydrogen-bond donors (Lipinski definition) is 2. The molecule has 0 fully saturated rings. The van der Waals surface area contributed by atoms with Gasteiger partial charge in [0.25, 0.3) is 0 Å². The van der Waals surface area contributed by atoms with E-state index in [1.54, 1.807) is 0 Å². The maximum atomic E-state index is 12.4. The lowest BCUT2D eigenvalue weighted by Crippen LogP contribution is -2.37. The molecule has 130 valence electrons. The molecule has 2 N–H and O–H groups in total. The number of hydrogen-bond acceptors (Lipinski definition) is 3. The maximum absolute atomic E-state index is 12.4. The third-order valence-electron chi connectivity index (χ3n) is 4.46. The minimum atomic E-state index is -0.339. The van der Waals surface area contributed by atoms with Crippen LogP contribution in [0.4, 0.5) is 5.69 Å². The number of para-hydroxylation sites is 1. The molecule has 1 aromatic heterocycles. The van der Waals surface area contributed by atoms with Crippen molar-refractivity contribution in [1.29, 1.82) is 0 Å². The van der Waals surface area contributed by atoms with Crippen molar-refractivity contribution in [2.24, 2.45) is 0 Å². The zero-order chi connectivity index (χ0) is 17.9. The predicted octanol–water partition coefficient (Wildman–Crippen LogP) is 4.70. The van der Waals surface area contributed by atoms with E-state index in [0.717, 1.165) is 33.2 Å². The Kier molecular flexibility index (Phi) is 4.32. The molecular formula is C22H20N2O2. The highest BCUT2D eigenvalue weighted by Crippen LogP contribution is 2.30. The Morgan fingerprint density at radius 3 is 2.50 bits per heavy atom. The standard InChI is InChI=1S/C22H20N2O2/c1-15(22(25)23-14-16-7-3-2-4-8-16)24-17-11-12-21-19(13-17)18-9-5-6-10-20(18)26-21/h2-13,15,24H,14H2,1H3,(H,23,25)/t15-/m0/s1. The van der Waals surface area contributed by atoms with E-state index in [2.05, 4.69) is 10.6 Å². The maximum Gasteiger partial charge on any atom is 0.242 e. The molecule has 0 bridgehead atoms. The van der Waals surface area contributed by atoms with Gasteiger partial charge in [-0.25, -0.2) is 0 Å². The van der Waals surface area contributed by atoms with E-state index in [0.29, 0.717) is 6.54 Å². The van der Waals surface area contributed by atoms with Crippen molar-refractivity contribution in [3.8, 4) is 0 Å². The number of fused-ring (bicyclic) bond motifs is 3. The summed E-state index contributed by atoms with van der Waals surface area (Å²) in [7, 11) is 0. The number of carbonyl (C=O) groups is 1. The molecule has 0 radical (unpaired) electrons. The Labute approximate surface area is 151 Å². The Bertz CT molecular complexity index is 1050. The Morgan fingerprint density at radius 1 is 0.923 bits per heavy atom. The van der Waals surface area contributed by atoms with Gasteiger partial charge in [-0.05, 0) is 36.8 Å². The molecule has 3 aromatic carbocycles. The molecule has 1 heterocycles. The fourth-order valence-electron chi connectivity index (χ4n) is 3.07.